The molecule has 3 N–H and O–H groups in total. The second-order valence-corrected chi connectivity index (χ2v) is 7.34. The lowest BCUT2D eigenvalue weighted by Gasteiger charge is -2.11. The highest BCUT2D eigenvalue weighted by Crippen LogP contribution is 2.27. The molecular weight excluding hydrogens is 396 g/mol. The number of nitrogens with zero attached hydrogens (tertiary/aromatic N) is 1. The van der Waals surface area contributed by atoms with Crippen molar-refractivity contribution in [3.8, 4) is 11.5 Å². The lowest BCUT2D eigenvalue weighted by molar-refractivity contribution is -0.124. The van der Waals surface area contributed by atoms with Crippen LogP contribution in [0.15, 0.2) is 65.1 Å². The van der Waals surface area contributed by atoms with Crippen LogP contribution in [0.3, 0.4) is 0 Å². The zero-order valence-electron chi connectivity index (χ0n) is 16.6. The van der Waals surface area contributed by atoms with Crippen LogP contribution in [0.2, 0.25) is 0 Å². The van der Waals surface area contributed by atoms with E-state index < -0.39 is 6.10 Å². The van der Waals surface area contributed by atoms with Gasteiger partial charge in [0.15, 0.2) is 11.6 Å². The molecule has 0 spiro atoms. The lowest BCUT2D eigenvalue weighted by Crippen LogP contribution is -2.27. The number of fused-ring (bicyclic) bond motifs is 1. The maximum absolute atomic E-state index is 12.7. The molecule has 0 saturated carbocycles. The second-order valence-electron chi connectivity index (χ2n) is 7.34. The van der Waals surface area contributed by atoms with E-state index in [-0.39, 0.29) is 11.8 Å². The van der Waals surface area contributed by atoms with Crippen LogP contribution in [0.25, 0.3) is 22.4 Å². The summed E-state index contributed by atoms with van der Waals surface area (Å²) in [5, 5.41) is 13.6. The molecule has 1 unspecified atom stereocenters. The summed E-state index contributed by atoms with van der Waals surface area (Å²) in [7, 11) is 0. The molecule has 1 saturated heterocycles. The second kappa shape index (κ2) is 8.08. The molecule has 2 aromatic carbocycles. The van der Waals surface area contributed by atoms with E-state index in [2.05, 4.69) is 20.8 Å². The molecular formula is C23H20N4O4. The van der Waals surface area contributed by atoms with Crippen LogP contribution in [-0.4, -0.2) is 34.7 Å². The van der Waals surface area contributed by atoms with Gasteiger partial charge in [-0.15, -0.1) is 0 Å². The minimum Gasteiger partial charge on any atom is -0.454 e. The number of ether oxygens (including phenoxy) is 1. The Morgan fingerprint density at radius 2 is 1.94 bits per heavy atom. The fourth-order valence-corrected chi connectivity index (χ4v) is 3.56. The Morgan fingerprint density at radius 1 is 1.03 bits per heavy atom. The van der Waals surface area contributed by atoms with Crippen LogP contribution < -0.4 is 10.6 Å². The summed E-state index contributed by atoms with van der Waals surface area (Å²) in [6.45, 7) is 0.597. The molecule has 1 aliphatic heterocycles. The van der Waals surface area contributed by atoms with Crippen LogP contribution in [-0.2, 0) is 9.53 Å². The van der Waals surface area contributed by atoms with Gasteiger partial charge in [0.2, 0.25) is 0 Å². The summed E-state index contributed by atoms with van der Waals surface area (Å²) in [6, 6.07) is 18.1. The Hall–Kier alpha value is -3.91. The molecule has 1 fully saturated rings. The number of rotatable bonds is 5. The van der Waals surface area contributed by atoms with Gasteiger partial charge in [-0.2, -0.15) is 5.10 Å². The van der Waals surface area contributed by atoms with Crippen LogP contribution in [0.4, 0.5) is 11.5 Å². The van der Waals surface area contributed by atoms with Crippen molar-refractivity contribution >= 4 is 34.3 Å². The molecule has 31 heavy (non-hydrogen) atoms. The quantitative estimate of drug-likeness (QED) is 0.452. The first kappa shape index (κ1) is 19.1. The minimum atomic E-state index is -0.432. The molecule has 2 amide bonds. The van der Waals surface area contributed by atoms with Crippen molar-refractivity contribution in [1.82, 2.24) is 10.2 Å². The number of amides is 2. The molecule has 0 bridgehead atoms. The molecule has 4 aromatic rings. The van der Waals surface area contributed by atoms with E-state index in [4.69, 9.17) is 9.15 Å². The van der Waals surface area contributed by atoms with Gasteiger partial charge >= 0.3 is 0 Å². The Kier molecular flexibility index (Phi) is 4.97. The number of hydrogen-bond donors (Lipinski definition) is 3. The first-order chi connectivity index (χ1) is 15.2. The summed E-state index contributed by atoms with van der Waals surface area (Å²) < 4.78 is 11.2. The number of furan rings is 1. The summed E-state index contributed by atoms with van der Waals surface area (Å²) in [6.07, 6.45) is 1.15. The molecule has 5 rings (SSSR count). The van der Waals surface area contributed by atoms with Crippen molar-refractivity contribution in [2.45, 2.75) is 18.9 Å². The fourth-order valence-electron chi connectivity index (χ4n) is 3.56. The van der Waals surface area contributed by atoms with Gasteiger partial charge in [0.05, 0.1) is 0 Å². The van der Waals surface area contributed by atoms with Crippen molar-refractivity contribution in [3.05, 3.63) is 66.2 Å². The molecule has 8 heteroatoms. The van der Waals surface area contributed by atoms with E-state index in [0.29, 0.717) is 41.6 Å². The van der Waals surface area contributed by atoms with Crippen molar-refractivity contribution in [3.63, 3.8) is 0 Å². The average molecular weight is 416 g/mol. The normalized spacial score (nSPS) is 15.8. The first-order valence-electron chi connectivity index (χ1n) is 10.0. The van der Waals surface area contributed by atoms with Gasteiger partial charge in [0, 0.05) is 29.3 Å². The van der Waals surface area contributed by atoms with Gasteiger partial charge in [-0.05, 0) is 43.2 Å². The van der Waals surface area contributed by atoms with Gasteiger partial charge in [0.1, 0.15) is 17.4 Å². The van der Waals surface area contributed by atoms with Crippen molar-refractivity contribution < 1.29 is 18.7 Å². The van der Waals surface area contributed by atoms with Crippen LogP contribution in [0, 0.1) is 0 Å². The molecule has 0 aliphatic carbocycles. The number of aromatic amines is 1. The molecule has 8 nitrogen and oxygen atoms in total. The Labute approximate surface area is 177 Å². The first-order valence-corrected chi connectivity index (χ1v) is 10.0. The van der Waals surface area contributed by atoms with Crippen molar-refractivity contribution in [2.24, 2.45) is 0 Å². The third-order valence-corrected chi connectivity index (χ3v) is 5.12. The molecule has 0 radical (unpaired) electrons. The predicted molar refractivity (Wildman–Crippen MR) is 116 cm³/mol. The summed E-state index contributed by atoms with van der Waals surface area (Å²) in [4.78, 5) is 24.9. The standard InChI is InChI=1S/C23H20N4O4/c28-22(15-6-3-7-16(11-15)24-23(29)19-9-4-10-30-19)25-21-13-17(26-27-21)20-12-14-5-1-2-8-18(14)31-20/h1-3,5-8,11-13,19H,4,9-10H2,(H,24,29)(H2,25,26,27,28). The third kappa shape index (κ3) is 4.06. The number of nitrogens with one attached hydrogen (secondary N) is 3. The van der Waals surface area contributed by atoms with Gasteiger partial charge < -0.3 is 19.8 Å². The molecule has 2 aromatic heterocycles. The monoisotopic (exact) mass is 416 g/mol. The van der Waals surface area contributed by atoms with Gasteiger partial charge in [0.25, 0.3) is 11.8 Å². The minimum absolute atomic E-state index is 0.196. The summed E-state index contributed by atoms with van der Waals surface area (Å²) in [5.41, 5.74) is 2.38. The zero-order chi connectivity index (χ0) is 21.2. The topological polar surface area (TPSA) is 109 Å². The number of carbonyl (C=O) groups excluding carboxylic acids is 2. The fraction of sp³-hybridized carbons (Fsp3) is 0.174. The number of hydrogen-bond acceptors (Lipinski definition) is 5. The van der Waals surface area contributed by atoms with Gasteiger partial charge in [-0.25, -0.2) is 0 Å². The zero-order valence-corrected chi connectivity index (χ0v) is 16.6. The van der Waals surface area contributed by atoms with Crippen molar-refractivity contribution in [1.29, 1.82) is 0 Å². The van der Waals surface area contributed by atoms with E-state index in [9.17, 15) is 9.59 Å². The van der Waals surface area contributed by atoms with Gasteiger partial charge in [-0.3, -0.25) is 14.7 Å². The molecule has 1 atom stereocenters. The molecule has 3 heterocycles. The van der Waals surface area contributed by atoms with Crippen LogP contribution >= 0.6 is 0 Å². The third-order valence-electron chi connectivity index (χ3n) is 5.12. The van der Waals surface area contributed by atoms with E-state index in [1.165, 1.54) is 0 Å². The summed E-state index contributed by atoms with van der Waals surface area (Å²) >= 11 is 0. The van der Waals surface area contributed by atoms with Gasteiger partial charge in [-0.1, -0.05) is 24.3 Å². The number of aromatic nitrogens is 2. The highest BCUT2D eigenvalue weighted by atomic mass is 16.5. The average Bonchev–Trinajstić information content (AvgIpc) is 3.53. The summed E-state index contributed by atoms with van der Waals surface area (Å²) in [5.74, 6) is 0.469. The largest absolute Gasteiger partial charge is 0.454 e. The Bertz CT molecular complexity index is 1220. The van der Waals surface area contributed by atoms with E-state index in [1.54, 1.807) is 30.3 Å². The van der Waals surface area contributed by atoms with Crippen molar-refractivity contribution in [2.75, 3.05) is 17.2 Å². The van der Waals surface area contributed by atoms with E-state index in [1.807, 2.05) is 30.3 Å². The Balaban J connectivity index is 1.27. The lowest BCUT2D eigenvalue weighted by atomic mass is 10.1. The highest BCUT2D eigenvalue weighted by molar-refractivity contribution is 6.05. The van der Waals surface area contributed by atoms with E-state index in [0.717, 1.165) is 17.4 Å². The van der Waals surface area contributed by atoms with E-state index >= 15 is 0 Å². The Morgan fingerprint density at radius 3 is 2.77 bits per heavy atom. The smallest absolute Gasteiger partial charge is 0.256 e. The SMILES string of the molecule is O=C(Nc1cc(-c2cc3ccccc3o2)[nH]n1)c1cccc(NC(=O)C2CCCO2)c1. The maximum atomic E-state index is 12.7. The van der Waals surface area contributed by atoms with Crippen LogP contribution in [0.1, 0.15) is 23.2 Å². The number of H-pyrrole nitrogens is 1. The molecule has 156 valence electrons. The highest BCUT2D eigenvalue weighted by Gasteiger charge is 2.23. The number of para-hydroxylation sites is 1. The number of benzene rings is 2. The van der Waals surface area contributed by atoms with Crippen LogP contribution in [0.5, 0.6) is 0 Å². The number of anilines is 2. The number of carbonyl (C=O) groups is 2. The molecule has 1 aliphatic rings. The predicted octanol–water partition coefficient (Wildman–Crippen LogP) is 4.19. The maximum Gasteiger partial charge on any atom is 0.256 e.